The van der Waals surface area contributed by atoms with E-state index in [2.05, 4.69) is 68.6 Å². The molecular weight excluding hydrogens is 598 g/mol. The van der Waals surface area contributed by atoms with E-state index in [9.17, 15) is 0 Å². The van der Waals surface area contributed by atoms with Crippen LogP contribution < -0.4 is 9.64 Å². The zero-order chi connectivity index (χ0) is 25.8. The molecule has 3 aromatic rings. The third kappa shape index (κ3) is 6.28. The molecule has 3 heterocycles. The van der Waals surface area contributed by atoms with Crippen LogP contribution in [0.15, 0.2) is 36.5 Å². The maximum atomic E-state index is 8.00. The average molecular weight is 634 g/mol. The number of hydrogen-bond donors (Lipinski definition) is 0. The van der Waals surface area contributed by atoms with E-state index in [1.165, 1.54) is 32.1 Å². The van der Waals surface area contributed by atoms with Gasteiger partial charge in [0, 0.05) is 30.2 Å². The van der Waals surface area contributed by atoms with Crippen LogP contribution in [0.4, 0.5) is 5.82 Å². The molecule has 1 saturated heterocycles. The first-order chi connectivity index (χ1) is 18.1. The van der Waals surface area contributed by atoms with Crippen molar-refractivity contribution in [2.45, 2.75) is 82.5 Å². The largest absolute Gasteiger partial charge is 0.488 e. The molecule has 0 amide bonds. The number of hydrogen-bond acceptors (Lipinski definition) is 6. The summed E-state index contributed by atoms with van der Waals surface area (Å²) >= 11 is 2.40. The Hall–Kier alpha value is -1.77. The highest BCUT2D eigenvalue weighted by atomic mass is 127. The number of rotatable bonds is 7. The van der Waals surface area contributed by atoms with E-state index in [1.54, 1.807) is 0 Å². The molecule has 198 valence electrons. The number of fused-ring (bicyclic) bond motifs is 1. The molecule has 2 aliphatic carbocycles. The molecule has 7 nitrogen and oxygen atoms in total. The Morgan fingerprint density at radius 3 is 2.46 bits per heavy atom. The van der Waals surface area contributed by atoms with E-state index in [-0.39, 0.29) is 5.60 Å². The smallest absolute Gasteiger partial charge is 0.129 e. The first-order valence-corrected chi connectivity index (χ1v) is 17.4. The third-order valence-electron chi connectivity index (χ3n) is 7.77. The number of halogens is 1. The van der Waals surface area contributed by atoms with E-state index in [4.69, 9.17) is 24.4 Å². The van der Waals surface area contributed by atoms with Gasteiger partial charge in [0.1, 0.15) is 29.7 Å². The van der Waals surface area contributed by atoms with Crippen LogP contribution in [-0.2, 0) is 9.53 Å². The highest BCUT2D eigenvalue weighted by molar-refractivity contribution is 14.2. The Labute approximate surface area is 234 Å². The van der Waals surface area contributed by atoms with Crippen LogP contribution >= 0.6 is 28.4 Å². The number of carbonyl (C=O) groups is 1. The number of anilines is 1. The van der Waals surface area contributed by atoms with Crippen LogP contribution in [0.5, 0.6) is 5.75 Å². The fourth-order valence-electron chi connectivity index (χ4n) is 5.43. The summed E-state index contributed by atoms with van der Waals surface area (Å²) in [4.78, 5) is 15.1. The summed E-state index contributed by atoms with van der Waals surface area (Å²) < 4.78 is 14.8. The number of carbonyl (C=O) groups excluding carboxylic acids is 1. The van der Waals surface area contributed by atoms with Crippen LogP contribution in [0.3, 0.4) is 0 Å². The van der Waals surface area contributed by atoms with Crippen LogP contribution in [0.1, 0.15) is 64.7 Å². The van der Waals surface area contributed by atoms with E-state index >= 15 is 0 Å². The summed E-state index contributed by atoms with van der Waals surface area (Å²) in [7, 11) is 0. The monoisotopic (exact) mass is 634 g/mol. The molecule has 0 radical (unpaired) electrons. The van der Waals surface area contributed by atoms with Gasteiger partial charge in [0.25, 0.3) is 0 Å². The second kappa shape index (κ2) is 12.0. The zero-order valence-electron chi connectivity index (χ0n) is 21.5. The maximum absolute atomic E-state index is 8.00. The van der Waals surface area contributed by atoms with Gasteiger partial charge in [-0.15, -0.1) is 0 Å². The molecule has 6 rings (SSSR count). The average Bonchev–Trinajstić information content (AvgIpc) is 3.56. The molecule has 0 spiro atoms. The molecule has 3 aliphatic rings. The van der Waals surface area contributed by atoms with E-state index < -0.39 is 0 Å². The van der Waals surface area contributed by atoms with Gasteiger partial charge in [0.15, 0.2) is 0 Å². The summed E-state index contributed by atoms with van der Waals surface area (Å²) in [5.74, 6) is 1.97. The van der Waals surface area contributed by atoms with Gasteiger partial charge in [0.2, 0.25) is 0 Å². The third-order valence-corrected chi connectivity index (χ3v) is 9.64. The molecule has 9 heteroatoms. The van der Waals surface area contributed by atoms with Crippen molar-refractivity contribution in [2.24, 2.45) is 0 Å². The Morgan fingerprint density at radius 2 is 1.76 bits per heavy atom. The van der Waals surface area contributed by atoms with Gasteiger partial charge in [-0.3, -0.25) is 0 Å². The minimum Gasteiger partial charge on any atom is -0.488 e. The second-order valence-electron chi connectivity index (χ2n) is 10.6. The molecular formula is C28H36IN4O3P. The van der Waals surface area contributed by atoms with Crippen LogP contribution in [0, 0.1) is 0 Å². The van der Waals surface area contributed by atoms with Gasteiger partial charge >= 0.3 is 0 Å². The molecule has 1 aromatic carbocycles. The molecule has 1 atom stereocenters. The minimum absolute atomic E-state index is 0.00546. The van der Waals surface area contributed by atoms with Gasteiger partial charge in [-0.05, 0) is 97.8 Å². The minimum atomic E-state index is 0.00546. The first kappa shape index (κ1) is 26.8. The molecule has 2 saturated carbocycles. The van der Waals surface area contributed by atoms with Gasteiger partial charge < -0.3 is 19.2 Å². The zero-order valence-corrected chi connectivity index (χ0v) is 24.7. The highest BCUT2D eigenvalue weighted by Crippen LogP contribution is 2.42. The molecule has 1 aliphatic heterocycles. The summed E-state index contributed by atoms with van der Waals surface area (Å²) in [6.45, 7) is 6.18. The lowest BCUT2D eigenvalue weighted by Gasteiger charge is -2.35. The fourth-order valence-corrected chi connectivity index (χ4v) is 6.96. The van der Waals surface area contributed by atoms with Crippen molar-refractivity contribution in [3.63, 3.8) is 0 Å². The highest BCUT2D eigenvalue weighted by Gasteiger charge is 2.40. The van der Waals surface area contributed by atoms with Gasteiger partial charge in [-0.1, -0.05) is 19.3 Å². The lowest BCUT2D eigenvalue weighted by atomic mass is 9.97. The number of piperidine rings is 1. The van der Waals surface area contributed by atoms with E-state index in [1.807, 2.05) is 13.0 Å². The van der Waals surface area contributed by atoms with Gasteiger partial charge in [-0.2, -0.15) is 5.10 Å². The molecule has 37 heavy (non-hydrogen) atoms. The van der Waals surface area contributed by atoms with Gasteiger partial charge in [0.05, 0.1) is 24.1 Å². The number of nitrogens with zero attached hydrogens (tertiary/aromatic N) is 4. The standard InChI is InChI=1S/C27H34IN4O2P.CH2O/c1-27(12-13-27)34-22-7-8-24-23(18-22)26(30-32(24)35-28)19-9-14-29-25(17-19)31-15-10-21(11-16-31)33-20-5-3-2-4-6-20;1-2/h7-9,14,17-18,20-21,35H,2-6,10-13,15-16H2,1H3;1H2. The summed E-state index contributed by atoms with van der Waals surface area (Å²) in [5.41, 5.74) is 3.28. The summed E-state index contributed by atoms with van der Waals surface area (Å²) in [6, 6.07) is 10.7. The lowest BCUT2D eigenvalue weighted by molar-refractivity contribution is -0.0980. The molecule has 3 fully saturated rings. The first-order valence-electron chi connectivity index (χ1n) is 13.3. The van der Waals surface area contributed by atoms with Crippen LogP contribution in [-0.4, -0.2) is 52.2 Å². The van der Waals surface area contributed by atoms with Gasteiger partial charge in [-0.25, -0.2) is 9.44 Å². The topological polar surface area (TPSA) is 69.5 Å². The number of benzene rings is 1. The quantitative estimate of drug-likeness (QED) is 0.207. The van der Waals surface area contributed by atoms with Crippen molar-refractivity contribution < 1.29 is 14.3 Å². The van der Waals surface area contributed by atoms with Crippen LogP contribution in [0.25, 0.3) is 22.2 Å². The molecule has 1 unspecified atom stereocenters. The number of ether oxygens (including phenoxy) is 2. The second-order valence-corrected chi connectivity index (χ2v) is 12.6. The Morgan fingerprint density at radius 1 is 1.03 bits per heavy atom. The number of pyridine rings is 1. The van der Waals surface area contributed by atoms with Crippen molar-refractivity contribution in [3.8, 4) is 17.0 Å². The summed E-state index contributed by atoms with van der Waals surface area (Å²) in [6.07, 6.45) is 14.3. The summed E-state index contributed by atoms with van der Waals surface area (Å²) in [5, 5.41) is 6.14. The maximum Gasteiger partial charge on any atom is 0.129 e. The number of aromatic nitrogens is 3. The van der Waals surface area contributed by atoms with Crippen molar-refractivity contribution >= 4 is 51.9 Å². The normalized spacial score (nSPS) is 20.2. The van der Waals surface area contributed by atoms with Crippen molar-refractivity contribution in [1.29, 1.82) is 0 Å². The Bertz CT molecular complexity index is 1200. The molecule has 2 aromatic heterocycles. The Kier molecular flexibility index (Phi) is 8.67. The fraction of sp³-hybridized carbons (Fsp3) is 0.536. The van der Waals surface area contributed by atoms with Crippen molar-refractivity contribution in [3.05, 3.63) is 36.5 Å². The van der Waals surface area contributed by atoms with Crippen LogP contribution in [0.2, 0.25) is 0 Å². The molecule has 0 N–H and O–H groups in total. The lowest BCUT2D eigenvalue weighted by Crippen LogP contribution is -2.39. The SMILES string of the molecule is C=O.CC1(Oc2ccc3c(c2)c(-c2ccnc(N4CCC(OC5CCCCC5)CC4)c2)nn3PI)CC1. The van der Waals surface area contributed by atoms with Crippen molar-refractivity contribution in [2.75, 3.05) is 18.0 Å². The molecule has 0 bridgehead atoms. The van der Waals surface area contributed by atoms with E-state index in [0.717, 1.165) is 72.5 Å². The van der Waals surface area contributed by atoms with Crippen molar-refractivity contribution in [1.82, 2.24) is 14.5 Å². The van der Waals surface area contributed by atoms with E-state index in [0.29, 0.717) is 18.6 Å². The predicted molar refractivity (Wildman–Crippen MR) is 159 cm³/mol. The Balaban J connectivity index is 0.00000137. The predicted octanol–water partition coefficient (Wildman–Crippen LogP) is 6.95.